The van der Waals surface area contributed by atoms with Crippen LogP contribution in [0.5, 0.6) is 5.75 Å². The lowest BCUT2D eigenvalue weighted by Gasteiger charge is -2.03. The highest BCUT2D eigenvalue weighted by atomic mass is 35.5. The quantitative estimate of drug-likeness (QED) is 0.0876. The molecule has 0 radical (unpaired) electrons. The fourth-order valence-corrected chi connectivity index (χ4v) is 7.04. The average Bonchev–Trinajstić information content (AvgIpc) is 4.01. The standard InChI is InChI=1S/C17H14N2O2S.C16H15N3.C15H14ClN3/c1-3-11-4-6-12(7-5-11)16(20)19-17-18-14-9-8-13(21-2)10-15(14)22-17;1-2-12-7-9-13(10-8-12)11-17-16-18-14-5-3-4-6-15(14)19-16;1-10-2-4-11(5-3-10)9-17-15-18-13-7-6-12(16)8-14(13)19-15/h3-10H,1H2,2H3,(H,18,19,20);2-10H,1,11H2,(H2,17,18,19);2-8H,9H2,1H3,(H2,17,18,19). The number of para-hydroxylation sites is 2. The molecule has 10 nitrogen and oxygen atoms in total. The van der Waals surface area contributed by atoms with Gasteiger partial charge in [-0.15, -0.1) is 0 Å². The number of carbonyl (C=O) groups excluding carboxylic acids is 1. The molecule has 300 valence electrons. The zero-order valence-corrected chi connectivity index (χ0v) is 34.7. The van der Waals surface area contributed by atoms with Crippen molar-refractivity contribution in [3.8, 4) is 5.75 Å². The van der Waals surface area contributed by atoms with Crippen LogP contribution in [0.3, 0.4) is 0 Å². The topological polar surface area (TPSA) is 133 Å². The van der Waals surface area contributed by atoms with Crippen LogP contribution in [0.15, 0.2) is 147 Å². The summed E-state index contributed by atoms with van der Waals surface area (Å²) in [4.78, 5) is 32.0. The molecule has 9 aromatic rings. The number of amides is 1. The number of carbonyl (C=O) groups is 1. The van der Waals surface area contributed by atoms with Gasteiger partial charge in [0.15, 0.2) is 5.13 Å². The summed E-state index contributed by atoms with van der Waals surface area (Å²) >= 11 is 7.37. The van der Waals surface area contributed by atoms with E-state index in [0.717, 1.165) is 74.1 Å². The molecular formula is C48H43ClN8O2S. The van der Waals surface area contributed by atoms with Crippen molar-refractivity contribution in [1.29, 1.82) is 0 Å². The number of aryl methyl sites for hydroxylation is 1. The van der Waals surface area contributed by atoms with Gasteiger partial charge in [-0.05, 0) is 89.8 Å². The number of benzene rings is 6. The molecule has 3 heterocycles. The highest BCUT2D eigenvalue weighted by Gasteiger charge is 2.11. The number of methoxy groups -OCH3 is 1. The summed E-state index contributed by atoms with van der Waals surface area (Å²) in [6, 6.07) is 43.2. The first-order valence-electron chi connectivity index (χ1n) is 19.1. The van der Waals surface area contributed by atoms with Crippen molar-refractivity contribution in [1.82, 2.24) is 24.9 Å². The van der Waals surface area contributed by atoms with Crippen LogP contribution in [0.25, 0.3) is 44.4 Å². The van der Waals surface area contributed by atoms with Gasteiger partial charge in [-0.2, -0.15) is 0 Å². The van der Waals surface area contributed by atoms with E-state index in [1.165, 1.54) is 28.0 Å². The lowest BCUT2D eigenvalue weighted by molar-refractivity contribution is 0.102. The van der Waals surface area contributed by atoms with Gasteiger partial charge in [-0.3, -0.25) is 10.1 Å². The highest BCUT2D eigenvalue weighted by molar-refractivity contribution is 7.22. The number of hydrogen-bond acceptors (Lipinski definition) is 8. The number of imidazole rings is 2. The second-order valence-corrected chi connectivity index (χ2v) is 15.1. The molecule has 0 aliphatic carbocycles. The third kappa shape index (κ3) is 10.8. The van der Waals surface area contributed by atoms with Crippen molar-refractivity contribution in [2.45, 2.75) is 20.0 Å². The molecule has 0 spiro atoms. The van der Waals surface area contributed by atoms with Gasteiger partial charge in [0.2, 0.25) is 11.9 Å². The molecule has 0 aliphatic heterocycles. The van der Waals surface area contributed by atoms with E-state index >= 15 is 0 Å². The number of aromatic amines is 2. The van der Waals surface area contributed by atoms with Crippen LogP contribution in [0, 0.1) is 6.92 Å². The highest BCUT2D eigenvalue weighted by Crippen LogP contribution is 2.29. The lowest BCUT2D eigenvalue weighted by Crippen LogP contribution is -2.11. The first kappa shape index (κ1) is 41.0. The predicted octanol–water partition coefficient (Wildman–Crippen LogP) is 12.2. The number of fused-ring (bicyclic) bond motifs is 3. The summed E-state index contributed by atoms with van der Waals surface area (Å²) in [5.74, 6) is 2.16. The number of ether oxygens (including phenoxy) is 1. The Morgan fingerprint density at radius 3 is 1.92 bits per heavy atom. The minimum absolute atomic E-state index is 0.179. The molecule has 9 rings (SSSR count). The van der Waals surface area contributed by atoms with Crippen molar-refractivity contribution in [3.63, 3.8) is 0 Å². The van der Waals surface area contributed by atoms with Crippen LogP contribution in [0.4, 0.5) is 17.0 Å². The largest absolute Gasteiger partial charge is 0.497 e. The number of nitrogens with one attached hydrogen (secondary N) is 5. The predicted molar refractivity (Wildman–Crippen MR) is 250 cm³/mol. The summed E-state index contributed by atoms with van der Waals surface area (Å²) in [5.41, 5.74) is 11.1. The maximum atomic E-state index is 12.2. The molecular weight excluding hydrogens is 788 g/mol. The van der Waals surface area contributed by atoms with E-state index in [4.69, 9.17) is 16.3 Å². The average molecular weight is 831 g/mol. The molecule has 60 heavy (non-hydrogen) atoms. The summed E-state index contributed by atoms with van der Waals surface area (Å²) in [7, 11) is 1.62. The smallest absolute Gasteiger partial charge is 0.257 e. The fraction of sp³-hybridized carbons (Fsp3) is 0.0833. The van der Waals surface area contributed by atoms with Crippen LogP contribution in [-0.4, -0.2) is 37.9 Å². The number of nitrogens with zero attached hydrogens (tertiary/aromatic N) is 3. The van der Waals surface area contributed by atoms with E-state index in [2.05, 4.69) is 109 Å². The zero-order valence-electron chi connectivity index (χ0n) is 33.1. The Hall–Kier alpha value is -7.21. The second kappa shape index (κ2) is 19.5. The maximum Gasteiger partial charge on any atom is 0.257 e. The Bertz CT molecular complexity index is 2830. The normalized spacial score (nSPS) is 10.6. The first-order chi connectivity index (χ1) is 29.2. The summed E-state index contributed by atoms with van der Waals surface area (Å²) < 4.78 is 6.16. The van der Waals surface area contributed by atoms with Gasteiger partial charge >= 0.3 is 0 Å². The number of hydrogen-bond donors (Lipinski definition) is 5. The van der Waals surface area contributed by atoms with Gasteiger partial charge < -0.3 is 25.3 Å². The second-order valence-electron chi connectivity index (χ2n) is 13.6. The molecule has 0 saturated heterocycles. The maximum absolute atomic E-state index is 12.2. The lowest BCUT2D eigenvalue weighted by atomic mass is 10.1. The third-order valence-corrected chi connectivity index (χ3v) is 10.5. The van der Waals surface area contributed by atoms with E-state index in [9.17, 15) is 4.79 Å². The number of anilines is 3. The number of rotatable bonds is 11. The third-order valence-electron chi connectivity index (χ3n) is 9.31. The Morgan fingerprint density at radius 2 is 1.28 bits per heavy atom. The van der Waals surface area contributed by atoms with Gasteiger partial charge in [0.25, 0.3) is 5.91 Å². The van der Waals surface area contributed by atoms with Gasteiger partial charge in [-0.1, -0.05) is 127 Å². The Morgan fingerprint density at radius 1 is 0.700 bits per heavy atom. The Balaban J connectivity index is 0.000000137. The van der Waals surface area contributed by atoms with Crippen molar-refractivity contribution >= 4 is 90.3 Å². The molecule has 0 bridgehead atoms. The van der Waals surface area contributed by atoms with Crippen molar-refractivity contribution in [2.75, 3.05) is 23.1 Å². The van der Waals surface area contributed by atoms with Crippen molar-refractivity contribution in [2.24, 2.45) is 0 Å². The van der Waals surface area contributed by atoms with E-state index in [0.29, 0.717) is 15.7 Å². The Kier molecular flexibility index (Phi) is 13.3. The van der Waals surface area contributed by atoms with Gasteiger partial charge in [0.1, 0.15) is 5.75 Å². The molecule has 3 aromatic heterocycles. The minimum Gasteiger partial charge on any atom is -0.497 e. The monoisotopic (exact) mass is 830 g/mol. The molecule has 0 saturated carbocycles. The van der Waals surface area contributed by atoms with Crippen molar-refractivity contribution < 1.29 is 9.53 Å². The van der Waals surface area contributed by atoms with Crippen LogP contribution in [-0.2, 0) is 13.1 Å². The van der Waals surface area contributed by atoms with Gasteiger partial charge in [0, 0.05) is 23.7 Å². The fourth-order valence-electron chi connectivity index (χ4n) is 5.98. The number of H-pyrrole nitrogens is 2. The summed E-state index contributed by atoms with van der Waals surface area (Å²) in [5, 5.41) is 10.7. The van der Waals surface area contributed by atoms with E-state index in [1.807, 2.05) is 78.9 Å². The number of thiazole rings is 1. The summed E-state index contributed by atoms with van der Waals surface area (Å²) in [6.45, 7) is 11.0. The zero-order chi connectivity index (χ0) is 41.8. The molecule has 0 atom stereocenters. The molecule has 5 N–H and O–H groups in total. The molecule has 12 heteroatoms. The molecule has 0 unspecified atom stereocenters. The molecule has 1 amide bonds. The SMILES string of the molecule is C=Cc1ccc(C(=O)Nc2nc3ccc(OC)cc3s2)cc1.C=Cc1ccc(CNc2nc3ccccc3[nH]2)cc1.Cc1ccc(CNc2nc3ccc(Cl)cc3[nH]2)cc1. The van der Waals surface area contributed by atoms with Gasteiger partial charge in [0.05, 0.1) is 39.4 Å². The molecule has 0 aliphatic rings. The molecule has 0 fully saturated rings. The first-order valence-corrected chi connectivity index (χ1v) is 20.3. The van der Waals surface area contributed by atoms with Crippen molar-refractivity contribution in [3.05, 3.63) is 185 Å². The summed E-state index contributed by atoms with van der Waals surface area (Å²) in [6.07, 6.45) is 3.58. The van der Waals surface area contributed by atoms with E-state index in [-0.39, 0.29) is 5.91 Å². The van der Waals surface area contributed by atoms with E-state index < -0.39 is 0 Å². The Labute approximate surface area is 357 Å². The minimum atomic E-state index is -0.179. The van der Waals surface area contributed by atoms with Crippen LogP contribution in [0.2, 0.25) is 5.02 Å². The van der Waals surface area contributed by atoms with Crippen LogP contribution >= 0.6 is 22.9 Å². The van der Waals surface area contributed by atoms with Crippen LogP contribution in [0.1, 0.15) is 38.2 Å². The van der Waals surface area contributed by atoms with Gasteiger partial charge in [-0.25, -0.2) is 15.0 Å². The number of halogens is 1. The number of aromatic nitrogens is 5. The molecule has 6 aromatic carbocycles. The van der Waals surface area contributed by atoms with E-state index in [1.54, 1.807) is 25.3 Å². The van der Waals surface area contributed by atoms with Crippen LogP contribution < -0.4 is 20.7 Å².